The lowest BCUT2D eigenvalue weighted by molar-refractivity contribution is -0.333. The van der Waals surface area contributed by atoms with Gasteiger partial charge in [-0.3, -0.25) is 0 Å². The van der Waals surface area contributed by atoms with Gasteiger partial charge in [0.05, 0.1) is 6.61 Å². The van der Waals surface area contributed by atoms with Gasteiger partial charge in [0.2, 0.25) is 0 Å². The Kier molecular flexibility index (Phi) is 3.83. The molecule has 1 heterocycles. The van der Waals surface area contributed by atoms with Crippen LogP contribution < -0.4 is 4.74 Å². The maximum atomic E-state index is 13.3. The maximum absolute atomic E-state index is 13.3. The van der Waals surface area contributed by atoms with Crippen molar-refractivity contribution in [2.24, 2.45) is 0 Å². The molecule has 0 spiro atoms. The molecule has 116 valence electrons. The van der Waals surface area contributed by atoms with Crippen molar-refractivity contribution in [3.63, 3.8) is 0 Å². The smallest absolute Gasteiger partial charge is 0.421 e. The van der Waals surface area contributed by atoms with Crippen LogP contribution in [0.1, 0.15) is 17.5 Å². The fraction of sp³-hybridized carbons (Fsp3) is 0.294. The molecule has 1 saturated heterocycles. The highest BCUT2D eigenvalue weighted by Crippen LogP contribution is 2.50. The van der Waals surface area contributed by atoms with Gasteiger partial charge < -0.3 is 9.47 Å². The summed E-state index contributed by atoms with van der Waals surface area (Å²) in [5, 5.41) is 0. The SMILES string of the molecule is FC(F)(F)C1(c2cccc(OCc3ccccc3)c2)CCO1. The lowest BCUT2D eigenvalue weighted by atomic mass is 9.85. The highest BCUT2D eigenvalue weighted by molar-refractivity contribution is 5.35. The van der Waals surface area contributed by atoms with Crippen molar-refractivity contribution in [2.75, 3.05) is 6.61 Å². The van der Waals surface area contributed by atoms with Gasteiger partial charge in [-0.2, -0.15) is 13.2 Å². The minimum absolute atomic E-state index is 0.0569. The van der Waals surface area contributed by atoms with E-state index in [9.17, 15) is 13.2 Å². The van der Waals surface area contributed by atoms with E-state index in [1.807, 2.05) is 30.3 Å². The van der Waals surface area contributed by atoms with Gasteiger partial charge in [0, 0.05) is 6.42 Å². The normalized spacial score (nSPS) is 21.2. The minimum atomic E-state index is -4.43. The van der Waals surface area contributed by atoms with Crippen molar-refractivity contribution >= 4 is 0 Å². The molecular formula is C17H15F3O2. The van der Waals surface area contributed by atoms with E-state index >= 15 is 0 Å². The molecule has 1 unspecified atom stereocenters. The summed E-state index contributed by atoms with van der Waals surface area (Å²) in [6, 6.07) is 15.5. The molecule has 1 aliphatic heterocycles. The van der Waals surface area contributed by atoms with Crippen LogP contribution in [0.3, 0.4) is 0 Å². The van der Waals surface area contributed by atoms with E-state index in [2.05, 4.69) is 0 Å². The third-order valence-corrected chi connectivity index (χ3v) is 3.81. The fourth-order valence-corrected chi connectivity index (χ4v) is 2.50. The lowest BCUT2D eigenvalue weighted by Crippen LogP contribution is -2.52. The molecule has 1 atom stereocenters. The number of alkyl halides is 3. The van der Waals surface area contributed by atoms with Crippen molar-refractivity contribution in [2.45, 2.75) is 24.8 Å². The third kappa shape index (κ3) is 2.68. The van der Waals surface area contributed by atoms with Gasteiger partial charge in [0.15, 0.2) is 5.60 Å². The van der Waals surface area contributed by atoms with Crippen LogP contribution in [-0.4, -0.2) is 12.8 Å². The van der Waals surface area contributed by atoms with Crippen LogP contribution in [0.25, 0.3) is 0 Å². The number of hydrogen-bond donors (Lipinski definition) is 0. The molecule has 1 aliphatic rings. The summed E-state index contributed by atoms with van der Waals surface area (Å²) in [5.74, 6) is 0.403. The Morgan fingerprint density at radius 2 is 1.77 bits per heavy atom. The first-order valence-corrected chi connectivity index (χ1v) is 6.99. The fourth-order valence-electron chi connectivity index (χ4n) is 2.50. The van der Waals surface area contributed by atoms with E-state index in [1.165, 1.54) is 12.1 Å². The molecule has 0 aromatic heterocycles. The molecule has 0 N–H and O–H groups in total. The van der Waals surface area contributed by atoms with E-state index in [0.29, 0.717) is 12.4 Å². The molecule has 0 radical (unpaired) electrons. The van der Waals surface area contributed by atoms with Crippen LogP contribution >= 0.6 is 0 Å². The second-order valence-electron chi connectivity index (χ2n) is 5.23. The second-order valence-corrected chi connectivity index (χ2v) is 5.23. The molecule has 22 heavy (non-hydrogen) atoms. The average Bonchev–Trinajstić information content (AvgIpc) is 2.44. The maximum Gasteiger partial charge on any atom is 0.421 e. The van der Waals surface area contributed by atoms with Crippen LogP contribution in [0.15, 0.2) is 54.6 Å². The third-order valence-electron chi connectivity index (χ3n) is 3.81. The molecule has 2 aromatic rings. The molecule has 3 rings (SSSR count). The van der Waals surface area contributed by atoms with Crippen molar-refractivity contribution in [3.05, 3.63) is 65.7 Å². The summed E-state index contributed by atoms with van der Waals surface area (Å²) in [4.78, 5) is 0. The van der Waals surface area contributed by atoms with Gasteiger partial charge in [-0.05, 0) is 23.3 Å². The zero-order valence-electron chi connectivity index (χ0n) is 11.8. The van der Waals surface area contributed by atoms with Crippen LogP contribution in [0.5, 0.6) is 5.75 Å². The summed E-state index contributed by atoms with van der Waals surface area (Å²) in [6.45, 7) is 0.429. The summed E-state index contributed by atoms with van der Waals surface area (Å²) in [5.41, 5.74) is -1.13. The van der Waals surface area contributed by atoms with Crippen LogP contribution in [-0.2, 0) is 16.9 Å². The first kappa shape index (κ1) is 14.9. The van der Waals surface area contributed by atoms with Gasteiger partial charge in [0.1, 0.15) is 12.4 Å². The predicted molar refractivity (Wildman–Crippen MR) is 75.5 cm³/mol. The van der Waals surface area contributed by atoms with Crippen LogP contribution in [0.2, 0.25) is 0 Å². The predicted octanol–water partition coefficient (Wildman–Crippen LogP) is 4.44. The highest BCUT2D eigenvalue weighted by Gasteiger charge is 2.61. The summed E-state index contributed by atoms with van der Waals surface area (Å²) < 4.78 is 50.3. The van der Waals surface area contributed by atoms with E-state index < -0.39 is 11.8 Å². The summed E-state index contributed by atoms with van der Waals surface area (Å²) in [6.07, 6.45) is -4.48. The monoisotopic (exact) mass is 308 g/mol. The number of rotatable bonds is 4. The van der Waals surface area contributed by atoms with Crippen molar-refractivity contribution in [1.29, 1.82) is 0 Å². The van der Waals surface area contributed by atoms with Gasteiger partial charge in [-0.15, -0.1) is 0 Å². The van der Waals surface area contributed by atoms with E-state index in [1.54, 1.807) is 12.1 Å². The van der Waals surface area contributed by atoms with E-state index in [4.69, 9.17) is 9.47 Å². The molecular weight excluding hydrogens is 293 g/mol. The molecule has 2 aromatic carbocycles. The van der Waals surface area contributed by atoms with Gasteiger partial charge in [-0.25, -0.2) is 0 Å². The standard InChI is InChI=1S/C17H15F3O2/c18-17(19,20)16(9-10-22-16)14-7-4-8-15(11-14)21-12-13-5-2-1-3-6-13/h1-8,11H,9-10,12H2. The number of ether oxygens (including phenoxy) is 2. The van der Waals surface area contributed by atoms with Crippen molar-refractivity contribution in [3.8, 4) is 5.75 Å². The Morgan fingerprint density at radius 1 is 1.05 bits per heavy atom. The molecule has 0 amide bonds. The van der Waals surface area contributed by atoms with Crippen molar-refractivity contribution in [1.82, 2.24) is 0 Å². The number of hydrogen-bond acceptors (Lipinski definition) is 2. The van der Waals surface area contributed by atoms with Gasteiger partial charge in [0.25, 0.3) is 0 Å². The largest absolute Gasteiger partial charge is 0.489 e. The molecule has 5 heteroatoms. The Morgan fingerprint density at radius 3 is 2.36 bits per heavy atom. The van der Waals surface area contributed by atoms with Gasteiger partial charge in [-0.1, -0.05) is 42.5 Å². The molecule has 0 bridgehead atoms. The number of benzene rings is 2. The minimum Gasteiger partial charge on any atom is -0.489 e. The van der Waals surface area contributed by atoms with Crippen LogP contribution in [0.4, 0.5) is 13.2 Å². The lowest BCUT2D eigenvalue weighted by Gasteiger charge is -2.43. The molecule has 2 nitrogen and oxygen atoms in total. The molecule has 1 fully saturated rings. The molecule has 0 aliphatic carbocycles. The topological polar surface area (TPSA) is 18.5 Å². The zero-order chi connectivity index (χ0) is 15.6. The first-order valence-electron chi connectivity index (χ1n) is 6.99. The Labute approximate surface area is 126 Å². The summed E-state index contributed by atoms with van der Waals surface area (Å²) in [7, 11) is 0. The summed E-state index contributed by atoms with van der Waals surface area (Å²) >= 11 is 0. The Balaban J connectivity index is 1.78. The highest BCUT2D eigenvalue weighted by atomic mass is 19.4. The van der Waals surface area contributed by atoms with E-state index in [0.717, 1.165) is 5.56 Å². The average molecular weight is 308 g/mol. The Hall–Kier alpha value is -2.01. The number of halogens is 3. The molecule has 0 saturated carbocycles. The van der Waals surface area contributed by atoms with Crippen molar-refractivity contribution < 1.29 is 22.6 Å². The van der Waals surface area contributed by atoms with Gasteiger partial charge >= 0.3 is 6.18 Å². The zero-order valence-corrected chi connectivity index (χ0v) is 11.8. The van der Waals surface area contributed by atoms with E-state index in [-0.39, 0.29) is 18.6 Å². The second kappa shape index (κ2) is 5.65. The first-order chi connectivity index (χ1) is 10.5. The quantitative estimate of drug-likeness (QED) is 0.831. The van der Waals surface area contributed by atoms with Crippen LogP contribution in [0, 0.1) is 0 Å². The Bertz CT molecular complexity index is 634.